The summed E-state index contributed by atoms with van der Waals surface area (Å²) in [5.74, 6) is -3.17. The van der Waals surface area contributed by atoms with Gasteiger partial charge >= 0.3 is 5.97 Å². The summed E-state index contributed by atoms with van der Waals surface area (Å²) in [5, 5.41) is 21.2. The number of hydrogen-bond donors (Lipinski definition) is 2. The monoisotopic (exact) mass is 526 g/mol. The lowest BCUT2D eigenvalue weighted by atomic mass is 9.61. The molecule has 210 valence electrons. The smallest absolute Gasteiger partial charge is 0.303 e. The van der Waals surface area contributed by atoms with Gasteiger partial charge in [0.2, 0.25) is 0 Å². The number of ether oxygens (including phenoxy) is 1. The van der Waals surface area contributed by atoms with E-state index in [1.54, 1.807) is 6.92 Å². The minimum absolute atomic E-state index is 0.0431. The second-order valence-corrected chi connectivity index (χ2v) is 11.7. The van der Waals surface area contributed by atoms with Gasteiger partial charge < -0.3 is 14.9 Å². The van der Waals surface area contributed by atoms with Gasteiger partial charge in [-0.15, -0.1) is 0 Å². The molecule has 0 fully saturated rings. The van der Waals surface area contributed by atoms with Crippen LogP contribution in [0.2, 0.25) is 0 Å². The van der Waals surface area contributed by atoms with Gasteiger partial charge in [-0.05, 0) is 73.1 Å². The number of aliphatic carboxylic acids is 1. The molecule has 2 rings (SSSR count). The summed E-state index contributed by atoms with van der Waals surface area (Å²) < 4.78 is 6.39. The van der Waals surface area contributed by atoms with Gasteiger partial charge in [0, 0.05) is 11.5 Å². The highest BCUT2D eigenvalue weighted by atomic mass is 16.5. The van der Waals surface area contributed by atoms with Crippen LogP contribution in [0.3, 0.4) is 0 Å². The van der Waals surface area contributed by atoms with Gasteiger partial charge in [-0.1, -0.05) is 55.7 Å². The Morgan fingerprint density at radius 1 is 1.11 bits per heavy atom. The fourth-order valence-corrected chi connectivity index (χ4v) is 5.46. The molecule has 0 spiro atoms. The summed E-state index contributed by atoms with van der Waals surface area (Å²) in [4.78, 5) is 40.2. The maximum atomic E-state index is 14.7. The molecule has 38 heavy (non-hydrogen) atoms. The quantitative estimate of drug-likeness (QED) is 0.256. The number of rotatable bonds is 12. The zero-order chi connectivity index (χ0) is 28.9. The number of hydrogen-bond acceptors (Lipinski definition) is 5. The van der Waals surface area contributed by atoms with E-state index in [1.807, 2.05) is 54.5 Å². The van der Waals surface area contributed by atoms with Gasteiger partial charge in [-0.25, -0.2) is 0 Å². The molecule has 0 aromatic rings. The number of carbonyl (C=O) groups excluding carboxylic acids is 2. The van der Waals surface area contributed by atoms with Crippen LogP contribution in [-0.4, -0.2) is 33.9 Å². The molecule has 1 aliphatic carbocycles. The van der Waals surface area contributed by atoms with Crippen molar-refractivity contribution in [3.63, 3.8) is 0 Å². The predicted molar refractivity (Wildman–Crippen MR) is 151 cm³/mol. The molecule has 5 atom stereocenters. The number of carbonyl (C=O) groups is 3. The van der Waals surface area contributed by atoms with Crippen molar-refractivity contribution in [2.75, 3.05) is 0 Å². The van der Waals surface area contributed by atoms with Crippen molar-refractivity contribution >= 4 is 17.5 Å². The van der Waals surface area contributed by atoms with Gasteiger partial charge in [0.05, 0.1) is 23.3 Å². The Kier molecular flexibility index (Phi) is 10.5. The maximum Gasteiger partial charge on any atom is 0.303 e. The van der Waals surface area contributed by atoms with E-state index in [-0.39, 0.29) is 47.2 Å². The molecule has 6 heteroatoms. The van der Waals surface area contributed by atoms with E-state index >= 15 is 0 Å². The minimum Gasteiger partial charge on any atom is -0.507 e. The first-order chi connectivity index (χ1) is 17.7. The first kappa shape index (κ1) is 31.3. The SMILES string of the molecule is C=C(C)[C@H](CC=C(C)C)C[C@]1(CC=C(C)C)C(=O)C([C@@H](CCC)CC(=O)O)=C(O)C2=C1O[C@H](C)[C@@H](C)C2=O. The van der Waals surface area contributed by atoms with E-state index in [9.17, 15) is 24.6 Å². The van der Waals surface area contributed by atoms with Crippen molar-refractivity contribution in [1.82, 2.24) is 0 Å². The molecular weight excluding hydrogens is 480 g/mol. The van der Waals surface area contributed by atoms with E-state index < -0.39 is 35.1 Å². The summed E-state index contributed by atoms with van der Waals surface area (Å²) in [6.45, 7) is 19.6. The second-order valence-electron chi connectivity index (χ2n) is 11.7. The van der Waals surface area contributed by atoms with Crippen LogP contribution in [-0.2, 0) is 19.1 Å². The predicted octanol–water partition coefficient (Wildman–Crippen LogP) is 7.43. The normalized spacial score (nSPS) is 24.8. The molecule has 0 aromatic heterocycles. The van der Waals surface area contributed by atoms with Crippen LogP contribution in [0.4, 0.5) is 0 Å². The van der Waals surface area contributed by atoms with Crippen molar-refractivity contribution in [1.29, 1.82) is 0 Å². The Morgan fingerprint density at radius 3 is 2.21 bits per heavy atom. The van der Waals surface area contributed by atoms with E-state index in [0.717, 1.165) is 16.7 Å². The Hall–Kier alpha value is -2.89. The number of carboxylic acids is 1. The standard InChI is InChI=1S/C32H46O6/c1-10-11-23(16-25(33)34)26-29(36)27-28(35)21(8)22(9)38-31(27)32(30(26)37,15-14-19(4)5)17-24(20(6)7)13-12-18(2)3/h12,14,21-24,36H,6,10-11,13,15-17H2,1-5,7-9H3,(H,33,34)/t21-,22-,23+,24-,32-/m1/s1. The van der Waals surface area contributed by atoms with Crippen molar-refractivity contribution in [3.8, 4) is 0 Å². The lowest BCUT2D eigenvalue weighted by Gasteiger charge is -2.45. The summed E-state index contributed by atoms with van der Waals surface area (Å²) in [7, 11) is 0. The van der Waals surface area contributed by atoms with Crippen LogP contribution >= 0.6 is 0 Å². The number of aliphatic hydroxyl groups excluding tert-OH is 1. The van der Waals surface area contributed by atoms with Gasteiger partial charge in [-0.3, -0.25) is 14.4 Å². The minimum atomic E-state index is -1.26. The molecular formula is C32H46O6. The molecule has 2 aliphatic rings. The van der Waals surface area contributed by atoms with Crippen molar-refractivity contribution in [2.24, 2.45) is 23.2 Å². The zero-order valence-electron chi connectivity index (χ0n) is 24.4. The Morgan fingerprint density at radius 2 is 1.71 bits per heavy atom. The summed E-state index contributed by atoms with van der Waals surface area (Å²) >= 11 is 0. The van der Waals surface area contributed by atoms with Crippen LogP contribution in [0.1, 0.15) is 93.9 Å². The average Bonchev–Trinajstić information content (AvgIpc) is 2.80. The first-order valence-electron chi connectivity index (χ1n) is 13.8. The van der Waals surface area contributed by atoms with E-state index in [1.165, 1.54) is 0 Å². The first-order valence-corrected chi connectivity index (χ1v) is 13.8. The van der Waals surface area contributed by atoms with Gasteiger partial charge in [0.15, 0.2) is 11.6 Å². The topological polar surface area (TPSA) is 101 Å². The molecule has 0 aromatic carbocycles. The summed E-state index contributed by atoms with van der Waals surface area (Å²) in [6.07, 6.45) is 5.64. The van der Waals surface area contributed by atoms with Crippen LogP contribution in [0.25, 0.3) is 0 Å². The largest absolute Gasteiger partial charge is 0.507 e. The third-order valence-corrected chi connectivity index (χ3v) is 7.93. The highest BCUT2D eigenvalue weighted by molar-refractivity contribution is 6.12. The number of carboxylic acid groups (broad SMARTS) is 1. The molecule has 6 nitrogen and oxygen atoms in total. The summed E-state index contributed by atoms with van der Waals surface area (Å²) in [5.41, 5.74) is 1.90. The van der Waals surface area contributed by atoms with Crippen LogP contribution < -0.4 is 0 Å². The van der Waals surface area contributed by atoms with Crippen molar-refractivity contribution in [3.05, 3.63) is 58.1 Å². The van der Waals surface area contributed by atoms with Gasteiger partial charge in [0.25, 0.3) is 0 Å². The molecule has 0 bridgehead atoms. The molecule has 1 aliphatic heterocycles. The van der Waals surface area contributed by atoms with Crippen molar-refractivity contribution < 1.29 is 29.3 Å². The third kappa shape index (κ3) is 6.57. The number of Topliss-reactive ketones (excluding diaryl/α,β-unsaturated/α-hetero) is 2. The fraction of sp³-hybridized carbons (Fsp3) is 0.594. The highest BCUT2D eigenvalue weighted by Gasteiger charge is 2.56. The zero-order valence-corrected chi connectivity index (χ0v) is 24.4. The maximum absolute atomic E-state index is 14.7. The molecule has 2 N–H and O–H groups in total. The van der Waals surface area contributed by atoms with Crippen LogP contribution in [0.5, 0.6) is 0 Å². The second kappa shape index (κ2) is 12.8. The molecule has 0 amide bonds. The lowest BCUT2D eigenvalue weighted by molar-refractivity contribution is -0.138. The van der Waals surface area contributed by atoms with E-state index in [4.69, 9.17) is 4.74 Å². The highest BCUT2D eigenvalue weighted by Crippen LogP contribution is 2.54. The summed E-state index contributed by atoms with van der Waals surface area (Å²) in [6, 6.07) is 0. The van der Waals surface area contributed by atoms with Crippen LogP contribution in [0, 0.1) is 23.2 Å². The molecule has 0 saturated carbocycles. The Bertz CT molecular complexity index is 1090. The lowest BCUT2D eigenvalue weighted by Crippen LogP contribution is -2.48. The molecule has 0 unspecified atom stereocenters. The Labute approximate surface area is 228 Å². The van der Waals surface area contributed by atoms with E-state index in [0.29, 0.717) is 25.7 Å². The van der Waals surface area contributed by atoms with Crippen LogP contribution in [0.15, 0.2) is 58.1 Å². The Balaban J connectivity index is 2.94. The average molecular weight is 527 g/mol. The molecule has 1 heterocycles. The molecule has 0 saturated heterocycles. The number of aliphatic hydroxyl groups is 1. The van der Waals surface area contributed by atoms with Crippen molar-refractivity contribution in [2.45, 2.75) is 100 Å². The van der Waals surface area contributed by atoms with E-state index in [2.05, 4.69) is 12.7 Å². The van der Waals surface area contributed by atoms with Gasteiger partial charge in [0.1, 0.15) is 17.6 Å². The number of ketones is 2. The third-order valence-electron chi connectivity index (χ3n) is 7.93. The number of allylic oxidation sites excluding steroid dienone is 8. The molecule has 0 radical (unpaired) electrons. The fourth-order valence-electron chi connectivity index (χ4n) is 5.46. The van der Waals surface area contributed by atoms with Gasteiger partial charge in [-0.2, -0.15) is 0 Å².